The summed E-state index contributed by atoms with van der Waals surface area (Å²) in [6, 6.07) is 1.24. The zero-order valence-corrected chi connectivity index (χ0v) is 11.7. The summed E-state index contributed by atoms with van der Waals surface area (Å²) in [4.78, 5) is 22.7. The number of nitrogens with two attached hydrogens (primary N) is 1. The normalized spacial score (nSPS) is 16.2. The Hall–Kier alpha value is -1.89. The predicted molar refractivity (Wildman–Crippen MR) is 74.5 cm³/mol. The number of rotatable bonds is 6. The van der Waals surface area contributed by atoms with Crippen LogP contribution in [0.2, 0.25) is 0 Å². The number of hydrogen-bond donors (Lipinski definition) is 2. The van der Waals surface area contributed by atoms with Gasteiger partial charge in [-0.3, -0.25) is 14.9 Å². The van der Waals surface area contributed by atoms with Crippen LogP contribution in [-0.4, -0.2) is 28.0 Å². The molecule has 7 nitrogen and oxygen atoms in total. The number of carbonyl (C=O) groups excluding carboxylic acids is 1. The van der Waals surface area contributed by atoms with Crippen molar-refractivity contribution >= 4 is 11.6 Å². The third kappa shape index (κ3) is 2.98. The van der Waals surface area contributed by atoms with E-state index in [9.17, 15) is 14.9 Å². The molecule has 0 aliphatic heterocycles. The van der Waals surface area contributed by atoms with Crippen LogP contribution in [0.4, 0.5) is 5.69 Å². The fourth-order valence-corrected chi connectivity index (χ4v) is 2.28. The van der Waals surface area contributed by atoms with Crippen molar-refractivity contribution in [3.05, 3.63) is 28.1 Å². The minimum atomic E-state index is -0.489. The molecule has 0 aromatic carbocycles. The monoisotopic (exact) mass is 280 g/mol. The molecule has 1 heterocycles. The second-order valence-electron chi connectivity index (χ2n) is 5.49. The van der Waals surface area contributed by atoms with Crippen molar-refractivity contribution in [1.29, 1.82) is 0 Å². The lowest BCUT2D eigenvalue weighted by Gasteiger charge is -2.17. The maximum absolute atomic E-state index is 12.3. The molecule has 1 saturated carbocycles. The Morgan fingerprint density at radius 2 is 2.25 bits per heavy atom. The van der Waals surface area contributed by atoms with Crippen molar-refractivity contribution in [3.63, 3.8) is 0 Å². The van der Waals surface area contributed by atoms with E-state index in [4.69, 9.17) is 5.73 Å². The maximum atomic E-state index is 12.3. The fourth-order valence-electron chi connectivity index (χ4n) is 2.28. The molecule has 110 valence electrons. The summed E-state index contributed by atoms with van der Waals surface area (Å²) < 4.78 is 1.62. The van der Waals surface area contributed by atoms with E-state index in [2.05, 4.69) is 5.32 Å². The summed E-state index contributed by atoms with van der Waals surface area (Å²) in [6.07, 6.45) is 3.55. The number of nitrogens with one attached hydrogen (secondary N) is 1. The highest BCUT2D eigenvalue weighted by Crippen LogP contribution is 2.32. The summed E-state index contributed by atoms with van der Waals surface area (Å²) >= 11 is 0. The summed E-state index contributed by atoms with van der Waals surface area (Å²) in [6.45, 7) is 4.14. The van der Waals surface area contributed by atoms with Gasteiger partial charge in [0.15, 0.2) is 0 Å². The first kappa shape index (κ1) is 14.5. The van der Waals surface area contributed by atoms with E-state index in [1.807, 2.05) is 13.8 Å². The zero-order chi connectivity index (χ0) is 14.9. The highest BCUT2D eigenvalue weighted by Gasteiger charge is 2.32. The van der Waals surface area contributed by atoms with Crippen LogP contribution >= 0.6 is 0 Å². The Labute approximate surface area is 117 Å². The van der Waals surface area contributed by atoms with Crippen LogP contribution < -0.4 is 11.1 Å². The van der Waals surface area contributed by atoms with Gasteiger partial charge in [0.1, 0.15) is 5.69 Å². The molecule has 1 aromatic rings. The summed E-state index contributed by atoms with van der Waals surface area (Å²) in [5.74, 6) is 0.149. The molecule has 0 saturated heterocycles. The van der Waals surface area contributed by atoms with Crippen LogP contribution in [0.5, 0.6) is 0 Å². The van der Waals surface area contributed by atoms with Gasteiger partial charge in [-0.05, 0) is 32.6 Å². The number of nitrogens with zero attached hydrogens (tertiary/aromatic N) is 2. The number of amides is 1. The van der Waals surface area contributed by atoms with E-state index < -0.39 is 4.92 Å². The van der Waals surface area contributed by atoms with Crippen molar-refractivity contribution in [2.24, 2.45) is 11.7 Å². The average molecular weight is 280 g/mol. The molecule has 1 aromatic heterocycles. The van der Waals surface area contributed by atoms with Gasteiger partial charge in [-0.25, -0.2) is 0 Å². The Morgan fingerprint density at radius 3 is 2.70 bits per heavy atom. The highest BCUT2D eigenvalue weighted by molar-refractivity contribution is 5.93. The second-order valence-corrected chi connectivity index (χ2v) is 5.49. The van der Waals surface area contributed by atoms with Gasteiger partial charge in [0.05, 0.1) is 11.1 Å². The molecule has 1 atom stereocenters. The smallest absolute Gasteiger partial charge is 0.287 e. The van der Waals surface area contributed by atoms with E-state index in [0.717, 1.165) is 12.8 Å². The topological polar surface area (TPSA) is 103 Å². The number of hydrogen-bond acceptors (Lipinski definition) is 4. The van der Waals surface area contributed by atoms with E-state index in [1.54, 1.807) is 4.57 Å². The van der Waals surface area contributed by atoms with Crippen molar-refractivity contribution in [2.75, 3.05) is 6.54 Å². The molecule has 7 heteroatoms. The first-order valence-corrected chi connectivity index (χ1v) is 6.81. The SMILES string of the molecule is CC(C)n1cc([N+](=O)[O-])cc1C(=O)NC(CN)C1CC1. The molecule has 1 aliphatic rings. The number of nitro groups is 1. The van der Waals surface area contributed by atoms with Crippen LogP contribution in [0.3, 0.4) is 0 Å². The van der Waals surface area contributed by atoms with Crippen LogP contribution in [0.15, 0.2) is 12.3 Å². The molecule has 0 radical (unpaired) electrons. The summed E-state index contributed by atoms with van der Waals surface area (Å²) in [5.41, 5.74) is 5.90. The predicted octanol–water partition coefficient (Wildman–Crippen LogP) is 1.44. The van der Waals surface area contributed by atoms with Gasteiger partial charge in [0, 0.05) is 24.7 Å². The van der Waals surface area contributed by atoms with E-state index in [-0.39, 0.29) is 23.7 Å². The quantitative estimate of drug-likeness (QED) is 0.608. The second kappa shape index (κ2) is 5.62. The highest BCUT2D eigenvalue weighted by atomic mass is 16.6. The average Bonchev–Trinajstić information content (AvgIpc) is 3.11. The molecule has 0 bridgehead atoms. The van der Waals surface area contributed by atoms with Crippen molar-refractivity contribution < 1.29 is 9.72 Å². The summed E-state index contributed by atoms with van der Waals surface area (Å²) in [5, 5.41) is 13.7. The Balaban J connectivity index is 2.21. The van der Waals surface area contributed by atoms with Gasteiger partial charge < -0.3 is 15.6 Å². The van der Waals surface area contributed by atoms with Crippen LogP contribution in [0, 0.1) is 16.0 Å². The number of carbonyl (C=O) groups is 1. The van der Waals surface area contributed by atoms with Gasteiger partial charge in [-0.2, -0.15) is 0 Å². The molecule has 20 heavy (non-hydrogen) atoms. The molecule has 1 unspecified atom stereocenters. The van der Waals surface area contributed by atoms with Crippen LogP contribution in [-0.2, 0) is 0 Å². The Morgan fingerprint density at radius 1 is 1.60 bits per heavy atom. The van der Waals surface area contributed by atoms with Gasteiger partial charge in [-0.1, -0.05) is 0 Å². The molecule has 1 amide bonds. The van der Waals surface area contributed by atoms with Crippen molar-refractivity contribution in [3.8, 4) is 0 Å². The third-order valence-corrected chi connectivity index (χ3v) is 3.60. The van der Waals surface area contributed by atoms with Crippen molar-refractivity contribution in [2.45, 2.75) is 38.8 Å². The largest absolute Gasteiger partial charge is 0.346 e. The fraction of sp³-hybridized carbons (Fsp3) is 0.615. The minimum Gasteiger partial charge on any atom is -0.346 e. The maximum Gasteiger partial charge on any atom is 0.287 e. The molecular formula is C13H20N4O3. The van der Waals surface area contributed by atoms with Gasteiger partial charge in [-0.15, -0.1) is 0 Å². The van der Waals surface area contributed by atoms with E-state index in [1.165, 1.54) is 12.3 Å². The lowest BCUT2D eigenvalue weighted by molar-refractivity contribution is -0.384. The molecule has 1 aliphatic carbocycles. The minimum absolute atomic E-state index is 0.0262. The number of aromatic nitrogens is 1. The molecular weight excluding hydrogens is 260 g/mol. The first-order valence-electron chi connectivity index (χ1n) is 6.81. The molecule has 2 rings (SSSR count). The molecule has 1 fully saturated rings. The van der Waals surface area contributed by atoms with Gasteiger partial charge >= 0.3 is 0 Å². The molecule has 3 N–H and O–H groups in total. The van der Waals surface area contributed by atoms with E-state index in [0.29, 0.717) is 18.2 Å². The van der Waals surface area contributed by atoms with Crippen LogP contribution in [0.25, 0.3) is 0 Å². The molecule has 0 spiro atoms. The first-order chi connectivity index (χ1) is 9.43. The van der Waals surface area contributed by atoms with Gasteiger partial charge in [0.25, 0.3) is 11.6 Å². The zero-order valence-electron chi connectivity index (χ0n) is 11.7. The third-order valence-electron chi connectivity index (χ3n) is 3.60. The Kier molecular flexibility index (Phi) is 4.08. The van der Waals surface area contributed by atoms with Gasteiger partial charge in [0.2, 0.25) is 0 Å². The Bertz CT molecular complexity index is 520. The standard InChI is InChI=1S/C13H20N4O3/c1-8(2)16-7-10(17(19)20)5-12(16)13(18)15-11(6-14)9-3-4-9/h5,7-9,11H,3-4,6,14H2,1-2H3,(H,15,18). The van der Waals surface area contributed by atoms with Crippen molar-refractivity contribution in [1.82, 2.24) is 9.88 Å². The lowest BCUT2D eigenvalue weighted by Crippen LogP contribution is -2.42. The van der Waals surface area contributed by atoms with Crippen LogP contribution in [0.1, 0.15) is 43.2 Å². The van der Waals surface area contributed by atoms with E-state index >= 15 is 0 Å². The summed E-state index contributed by atoms with van der Waals surface area (Å²) in [7, 11) is 0. The lowest BCUT2D eigenvalue weighted by atomic mass is 10.2.